The van der Waals surface area contributed by atoms with Gasteiger partial charge < -0.3 is 14.7 Å². The molecule has 1 aliphatic heterocycles. The van der Waals surface area contributed by atoms with Gasteiger partial charge in [-0.1, -0.05) is 37.6 Å². The van der Waals surface area contributed by atoms with Gasteiger partial charge in [-0.3, -0.25) is 4.79 Å². The number of carbonyl (C=O) groups is 1. The number of nitrogens with two attached hydrogens (primary N) is 1. The maximum Gasteiger partial charge on any atom is 0.300 e. The van der Waals surface area contributed by atoms with E-state index >= 15 is 0 Å². The Morgan fingerprint density at radius 3 is 2.28 bits per heavy atom. The van der Waals surface area contributed by atoms with Crippen molar-refractivity contribution in [3.63, 3.8) is 0 Å². The van der Waals surface area contributed by atoms with Crippen molar-refractivity contribution in [3.05, 3.63) is 46.5 Å². The molecule has 0 radical (unpaired) electrons. The molecule has 25 heavy (non-hydrogen) atoms. The van der Waals surface area contributed by atoms with Crippen LogP contribution in [0.5, 0.6) is 0 Å². The standard InChI is InChI=1S/C14H19B3ClNO5S/c1-7(2)14(16,17)25(21,22)24-10-11(20)13(15,23-12(10)19)8-3-5-9(18)6-4-8/h3-7H,15-17,19H2,1-2H3/t13-/m1/s1. The largest absolute Gasteiger partial charge is 0.467 e. The minimum Gasteiger partial charge on any atom is -0.467 e. The van der Waals surface area contributed by atoms with Crippen LogP contribution in [0.2, 0.25) is 5.02 Å². The lowest BCUT2D eigenvalue weighted by atomic mass is 9.63. The monoisotopic (exact) mass is 381 g/mol. The Morgan fingerprint density at radius 2 is 1.80 bits per heavy atom. The Labute approximate surface area is 155 Å². The molecule has 0 unspecified atom stereocenters. The first-order chi connectivity index (χ1) is 11.3. The third-order valence-electron chi connectivity index (χ3n) is 4.80. The fourth-order valence-electron chi connectivity index (χ4n) is 2.18. The van der Waals surface area contributed by atoms with E-state index in [0.29, 0.717) is 10.6 Å². The Balaban J connectivity index is 2.37. The first-order valence-corrected chi connectivity index (χ1v) is 9.55. The van der Waals surface area contributed by atoms with E-state index in [1.807, 2.05) is 0 Å². The van der Waals surface area contributed by atoms with Gasteiger partial charge in [0.15, 0.2) is 13.3 Å². The number of halogens is 1. The fourth-order valence-corrected chi connectivity index (χ4v) is 3.48. The molecular formula is C14H19B3ClNO5S. The van der Waals surface area contributed by atoms with E-state index in [1.165, 1.54) is 23.5 Å². The molecule has 2 N–H and O–H groups in total. The van der Waals surface area contributed by atoms with E-state index in [2.05, 4.69) is 0 Å². The van der Waals surface area contributed by atoms with Crippen molar-refractivity contribution in [2.24, 2.45) is 11.7 Å². The maximum atomic E-state index is 12.8. The van der Waals surface area contributed by atoms with Crippen LogP contribution in [0.3, 0.4) is 0 Å². The third-order valence-corrected chi connectivity index (χ3v) is 7.20. The van der Waals surface area contributed by atoms with Crippen LogP contribution >= 0.6 is 11.6 Å². The molecule has 0 saturated carbocycles. The van der Waals surface area contributed by atoms with Crippen LogP contribution in [0.25, 0.3) is 0 Å². The summed E-state index contributed by atoms with van der Waals surface area (Å²) < 4.78 is 34.6. The zero-order valence-electron chi connectivity index (χ0n) is 14.8. The summed E-state index contributed by atoms with van der Waals surface area (Å²) in [5.41, 5.74) is 4.78. The molecule has 1 aromatic rings. The van der Waals surface area contributed by atoms with Crippen LogP contribution in [-0.4, -0.2) is 42.3 Å². The average Bonchev–Trinajstić information content (AvgIpc) is 2.71. The summed E-state index contributed by atoms with van der Waals surface area (Å²) in [4.78, 5) is 12.8. The maximum absolute atomic E-state index is 12.8. The highest BCUT2D eigenvalue weighted by Gasteiger charge is 2.50. The van der Waals surface area contributed by atoms with Gasteiger partial charge in [-0.05, 0) is 23.6 Å². The predicted molar refractivity (Wildman–Crippen MR) is 104 cm³/mol. The highest BCUT2D eigenvalue weighted by atomic mass is 35.5. The summed E-state index contributed by atoms with van der Waals surface area (Å²) in [7, 11) is 0.455. The van der Waals surface area contributed by atoms with Crippen LogP contribution in [-0.2, 0) is 29.3 Å². The molecule has 0 aliphatic carbocycles. The fraction of sp³-hybridized carbons (Fsp3) is 0.357. The first-order valence-electron chi connectivity index (χ1n) is 7.76. The molecule has 0 bridgehead atoms. The number of benzene rings is 1. The van der Waals surface area contributed by atoms with Crippen molar-refractivity contribution in [2.75, 3.05) is 0 Å². The number of carbonyl (C=O) groups excluding carboxylic acids is 1. The minimum atomic E-state index is -4.11. The molecule has 0 saturated heterocycles. The molecule has 132 valence electrons. The van der Waals surface area contributed by atoms with Gasteiger partial charge >= 0.3 is 0 Å². The number of hydrogen-bond donors (Lipinski definition) is 1. The van der Waals surface area contributed by atoms with Crippen molar-refractivity contribution in [3.8, 4) is 0 Å². The highest BCUT2D eigenvalue weighted by Crippen LogP contribution is 2.37. The summed E-state index contributed by atoms with van der Waals surface area (Å²) in [5.74, 6) is -1.74. The summed E-state index contributed by atoms with van der Waals surface area (Å²) >= 11 is 5.86. The molecule has 1 aromatic carbocycles. The van der Waals surface area contributed by atoms with Crippen LogP contribution in [0.15, 0.2) is 35.9 Å². The second-order valence-electron chi connectivity index (χ2n) is 6.96. The minimum absolute atomic E-state index is 0.237. The molecule has 6 nitrogen and oxygen atoms in total. The van der Waals surface area contributed by atoms with Crippen LogP contribution in [0, 0.1) is 5.92 Å². The van der Waals surface area contributed by atoms with Crippen molar-refractivity contribution in [1.29, 1.82) is 0 Å². The van der Waals surface area contributed by atoms with E-state index in [9.17, 15) is 13.2 Å². The van der Waals surface area contributed by atoms with Crippen LogP contribution in [0.1, 0.15) is 19.4 Å². The molecule has 0 fully saturated rings. The zero-order chi connectivity index (χ0) is 19.2. The lowest BCUT2D eigenvalue weighted by molar-refractivity contribution is -0.126. The predicted octanol–water partition coefficient (Wildman–Crippen LogP) is -1.22. The molecule has 0 spiro atoms. The molecule has 1 atom stereocenters. The summed E-state index contributed by atoms with van der Waals surface area (Å²) in [5, 5.41) is 0.497. The first kappa shape index (κ1) is 19.8. The van der Waals surface area contributed by atoms with Gasteiger partial charge in [-0.15, -0.1) is 0 Å². The number of ketones is 1. The lowest BCUT2D eigenvalue weighted by Crippen LogP contribution is -2.46. The number of hydrogen-bond acceptors (Lipinski definition) is 6. The van der Waals surface area contributed by atoms with E-state index in [4.69, 9.17) is 26.3 Å². The Morgan fingerprint density at radius 1 is 1.28 bits per heavy atom. The molecule has 0 aromatic heterocycles. The molecule has 0 amide bonds. The summed E-state index contributed by atoms with van der Waals surface area (Å²) in [6.45, 7) is 3.51. The van der Waals surface area contributed by atoms with Crippen LogP contribution in [0.4, 0.5) is 0 Å². The summed E-state index contributed by atoms with van der Waals surface area (Å²) in [6, 6.07) is 6.44. The van der Waals surface area contributed by atoms with E-state index < -0.39 is 31.7 Å². The van der Waals surface area contributed by atoms with Gasteiger partial charge in [0.05, 0.1) is 0 Å². The Kier molecular flexibility index (Phi) is 5.00. The smallest absolute Gasteiger partial charge is 0.300 e. The normalized spacial score (nSPS) is 21.5. The van der Waals surface area contributed by atoms with Crippen molar-refractivity contribution in [1.82, 2.24) is 0 Å². The van der Waals surface area contributed by atoms with Gasteiger partial charge in [0.2, 0.25) is 17.4 Å². The molecule has 1 aliphatic rings. The number of rotatable bonds is 5. The quantitative estimate of drug-likeness (QED) is 0.507. The topological polar surface area (TPSA) is 95.7 Å². The lowest BCUT2D eigenvalue weighted by Gasteiger charge is -2.28. The van der Waals surface area contributed by atoms with Gasteiger partial charge in [-0.25, -0.2) is 0 Å². The zero-order valence-corrected chi connectivity index (χ0v) is 16.4. The highest BCUT2D eigenvalue weighted by molar-refractivity contribution is 7.91. The van der Waals surface area contributed by atoms with Gasteiger partial charge in [0.1, 0.15) is 15.7 Å². The van der Waals surface area contributed by atoms with Crippen LogP contribution < -0.4 is 5.73 Å². The van der Waals surface area contributed by atoms with Crippen molar-refractivity contribution < 1.29 is 22.1 Å². The van der Waals surface area contributed by atoms with E-state index in [1.54, 1.807) is 38.1 Å². The van der Waals surface area contributed by atoms with E-state index in [0.717, 1.165) is 0 Å². The third kappa shape index (κ3) is 3.29. The SMILES string of the molecule is BC(B)(C(C)C)S(=O)(=O)OC1=C(N)O[C@](B)(c2ccc(Cl)cc2)C1=O. The average molecular weight is 381 g/mol. The van der Waals surface area contributed by atoms with Gasteiger partial charge in [0.25, 0.3) is 10.1 Å². The second-order valence-corrected chi connectivity index (χ2v) is 9.52. The number of Topliss-reactive ketones (excluding diaryl/α,β-unsaturated/α-hetero) is 1. The molecular weight excluding hydrogens is 362 g/mol. The summed E-state index contributed by atoms with van der Waals surface area (Å²) in [6.07, 6.45) is 0. The van der Waals surface area contributed by atoms with Gasteiger partial charge in [-0.2, -0.15) is 8.42 Å². The Hall–Kier alpha value is -1.54. The van der Waals surface area contributed by atoms with E-state index in [-0.39, 0.29) is 11.8 Å². The number of ether oxygens (including phenoxy) is 1. The Bertz CT molecular complexity index is 839. The molecule has 1 heterocycles. The van der Waals surface area contributed by atoms with Crippen molar-refractivity contribution >= 4 is 51.0 Å². The van der Waals surface area contributed by atoms with Gasteiger partial charge in [0, 0.05) is 9.57 Å². The molecule has 2 rings (SSSR count). The van der Waals surface area contributed by atoms with Crippen molar-refractivity contribution in [2.45, 2.75) is 23.9 Å². The second kappa shape index (κ2) is 6.32. The molecule has 11 heteroatoms.